The summed E-state index contributed by atoms with van der Waals surface area (Å²) in [6.07, 6.45) is 2.04. The number of carbonyl (C=O) groups is 1. The highest BCUT2D eigenvalue weighted by atomic mass is 16.5. The second kappa shape index (κ2) is 8.56. The average Bonchev–Trinajstić information content (AvgIpc) is 2.60. The van der Waals surface area contributed by atoms with Crippen molar-refractivity contribution in [1.29, 1.82) is 5.26 Å². The minimum absolute atomic E-state index is 0.0235. The SMILES string of the molecule is COCCCNC(=O)/C(C#N)=C\Nc1cccc2c(O)cccc12. The van der Waals surface area contributed by atoms with Crippen LogP contribution in [0, 0.1) is 11.3 Å². The molecule has 0 unspecified atom stereocenters. The lowest BCUT2D eigenvalue weighted by Crippen LogP contribution is -2.26. The molecule has 0 aliphatic carbocycles. The quantitative estimate of drug-likeness (QED) is 0.413. The molecule has 6 heteroatoms. The highest BCUT2D eigenvalue weighted by Crippen LogP contribution is 2.29. The highest BCUT2D eigenvalue weighted by molar-refractivity contribution is 6.00. The zero-order valence-corrected chi connectivity index (χ0v) is 13.4. The Hall–Kier alpha value is -3.04. The van der Waals surface area contributed by atoms with E-state index in [1.807, 2.05) is 18.2 Å². The average molecular weight is 325 g/mol. The minimum atomic E-state index is -0.441. The molecule has 0 aromatic heterocycles. The zero-order valence-electron chi connectivity index (χ0n) is 13.4. The van der Waals surface area contributed by atoms with Gasteiger partial charge < -0.3 is 20.5 Å². The summed E-state index contributed by atoms with van der Waals surface area (Å²) < 4.78 is 4.90. The van der Waals surface area contributed by atoms with Gasteiger partial charge in [0.1, 0.15) is 17.4 Å². The fourth-order valence-electron chi connectivity index (χ4n) is 2.23. The van der Waals surface area contributed by atoms with Gasteiger partial charge in [0.05, 0.1) is 0 Å². The van der Waals surface area contributed by atoms with Crippen molar-refractivity contribution in [2.75, 3.05) is 25.6 Å². The fourth-order valence-corrected chi connectivity index (χ4v) is 2.23. The van der Waals surface area contributed by atoms with Gasteiger partial charge in [0, 0.05) is 42.9 Å². The third-order valence-electron chi connectivity index (χ3n) is 3.45. The summed E-state index contributed by atoms with van der Waals surface area (Å²) >= 11 is 0. The molecule has 24 heavy (non-hydrogen) atoms. The molecule has 0 spiro atoms. The maximum Gasteiger partial charge on any atom is 0.263 e. The molecule has 0 aliphatic heterocycles. The van der Waals surface area contributed by atoms with Crippen molar-refractivity contribution < 1.29 is 14.6 Å². The van der Waals surface area contributed by atoms with Gasteiger partial charge in [-0.3, -0.25) is 4.79 Å². The monoisotopic (exact) mass is 325 g/mol. The predicted octanol–water partition coefficient (Wildman–Crippen LogP) is 2.52. The molecule has 0 aliphatic rings. The number of hydrogen-bond donors (Lipinski definition) is 3. The number of phenols is 1. The third kappa shape index (κ3) is 4.24. The number of nitrogens with one attached hydrogen (secondary N) is 2. The Morgan fingerprint density at radius 3 is 2.79 bits per heavy atom. The molecule has 3 N–H and O–H groups in total. The summed E-state index contributed by atoms with van der Waals surface area (Å²) in [5.74, 6) is -0.263. The van der Waals surface area contributed by atoms with Crippen LogP contribution in [0.3, 0.4) is 0 Å². The first-order valence-corrected chi connectivity index (χ1v) is 7.52. The molecule has 124 valence electrons. The topological polar surface area (TPSA) is 94.4 Å². The standard InChI is InChI=1S/C18H19N3O3/c1-24-10-4-9-20-18(23)13(11-19)12-21-16-7-2-6-15-14(16)5-3-8-17(15)22/h2-3,5-8,12,21-22H,4,9-10H2,1H3,(H,20,23)/b13-12-. The molecule has 0 atom stereocenters. The lowest BCUT2D eigenvalue weighted by molar-refractivity contribution is -0.117. The van der Waals surface area contributed by atoms with Crippen LogP contribution < -0.4 is 10.6 Å². The Labute approximate surface area is 140 Å². The summed E-state index contributed by atoms with van der Waals surface area (Å²) in [6, 6.07) is 12.5. The third-order valence-corrected chi connectivity index (χ3v) is 3.45. The van der Waals surface area contributed by atoms with Crippen LogP contribution in [0.25, 0.3) is 10.8 Å². The fraction of sp³-hybridized carbons (Fsp3) is 0.222. The van der Waals surface area contributed by atoms with Gasteiger partial charge in [-0.1, -0.05) is 24.3 Å². The van der Waals surface area contributed by atoms with Gasteiger partial charge in [0.15, 0.2) is 0 Å². The van der Waals surface area contributed by atoms with E-state index in [4.69, 9.17) is 10.00 Å². The van der Waals surface area contributed by atoms with Crippen LogP contribution in [0.5, 0.6) is 5.75 Å². The maximum atomic E-state index is 12.0. The minimum Gasteiger partial charge on any atom is -0.507 e. The van der Waals surface area contributed by atoms with Crippen LogP contribution in [0.1, 0.15) is 6.42 Å². The van der Waals surface area contributed by atoms with E-state index in [0.717, 1.165) is 5.39 Å². The number of fused-ring (bicyclic) bond motifs is 1. The Bertz CT molecular complexity index is 794. The van der Waals surface area contributed by atoms with E-state index >= 15 is 0 Å². The smallest absolute Gasteiger partial charge is 0.263 e. The summed E-state index contributed by atoms with van der Waals surface area (Å²) in [7, 11) is 1.59. The van der Waals surface area contributed by atoms with E-state index in [1.54, 1.807) is 31.4 Å². The number of carbonyl (C=O) groups excluding carboxylic acids is 1. The molecular weight excluding hydrogens is 306 g/mol. The van der Waals surface area contributed by atoms with Gasteiger partial charge in [-0.15, -0.1) is 0 Å². The number of aromatic hydroxyl groups is 1. The number of nitriles is 1. The van der Waals surface area contributed by atoms with Gasteiger partial charge in [0.2, 0.25) is 0 Å². The van der Waals surface area contributed by atoms with Crippen molar-refractivity contribution >= 4 is 22.4 Å². The van der Waals surface area contributed by atoms with Gasteiger partial charge in [0.25, 0.3) is 5.91 Å². The number of nitrogens with zero attached hydrogens (tertiary/aromatic N) is 1. The number of anilines is 1. The summed E-state index contributed by atoms with van der Waals surface area (Å²) in [5, 5.41) is 26.1. The van der Waals surface area contributed by atoms with Crippen molar-refractivity contribution in [1.82, 2.24) is 5.32 Å². The van der Waals surface area contributed by atoms with E-state index in [-0.39, 0.29) is 11.3 Å². The number of methoxy groups -OCH3 is 1. The van der Waals surface area contributed by atoms with Gasteiger partial charge in [-0.25, -0.2) is 0 Å². The Morgan fingerprint density at radius 1 is 1.29 bits per heavy atom. The Kier molecular flexibility index (Phi) is 6.17. The first kappa shape index (κ1) is 17.3. The van der Waals surface area contributed by atoms with Crippen molar-refractivity contribution in [3.8, 4) is 11.8 Å². The van der Waals surface area contributed by atoms with Gasteiger partial charge in [-0.05, 0) is 18.6 Å². The Balaban J connectivity index is 2.12. The van der Waals surface area contributed by atoms with Crippen molar-refractivity contribution in [3.05, 3.63) is 48.2 Å². The molecule has 2 aromatic carbocycles. The molecule has 2 rings (SSSR count). The lowest BCUT2D eigenvalue weighted by Gasteiger charge is -2.08. The van der Waals surface area contributed by atoms with E-state index in [0.29, 0.717) is 30.6 Å². The van der Waals surface area contributed by atoms with Crippen LogP contribution in [0.2, 0.25) is 0 Å². The summed E-state index contributed by atoms with van der Waals surface area (Å²) in [4.78, 5) is 12.0. The molecule has 0 heterocycles. The van der Waals surface area contributed by atoms with Crippen LogP contribution in [0.15, 0.2) is 48.2 Å². The molecule has 0 bridgehead atoms. The van der Waals surface area contributed by atoms with Crippen LogP contribution >= 0.6 is 0 Å². The maximum absolute atomic E-state index is 12.0. The molecule has 0 fully saturated rings. The van der Waals surface area contributed by atoms with Crippen LogP contribution in [0.4, 0.5) is 5.69 Å². The largest absolute Gasteiger partial charge is 0.507 e. The molecule has 2 aromatic rings. The number of ether oxygens (including phenoxy) is 1. The first-order chi connectivity index (χ1) is 11.7. The molecule has 6 nitrogen and oxygen atoms in total. The first-order valence-electron chi connectivity index (χ1n) is 7.52. The van der Waals surface area contributed by atoms with E-state index in [2.05, 4.69) is 10.6 Å². The van der Waals surface area contributed by atoms with Crippen molar-refractivity contribution in [2.45, 2.75) is 6.42 Å². The predicted molar refractivity (Wildman–Crippen MR) is 92.4 cm³/mol. The number of amides is 1. The summed E-state index contributed by atoms with van der Waals surface area (Å²) in [6.45, 7) is 0.984. The molecular formula is C18H19N3O3. The Morgan fingerprint density at radius 2 is 2.04 bits per heavy atom. The molecule has 0 radical (unpaired) electrons. The summed E-state index contributed by atoms with van der Waals surface area (Å²) in [5.41, 5.74) is 0.674. The number of benzene rings is 2. The second-order valence-electron chi connectivity index (χ2n) is 5.09. The van der Waals surface area contributed by atoms with E-state index < -0.39 is 5.91 Å². The second-order valence-corrected chi connectivity index (χ2v) is 5.09. The number of rotatable bonds is 7. The van der Waals surface area contributed by atoms with Crippen molar-refractivity contribution in [2.24, 2.45) is 0 Å². The highest BCUT2D eigenvalue weighted by Gasteiger charge is 2.09. The van der Waals surface area contributed by atoms with E-state index in [1.165, 1.54) is 6.20 Å². The zero-order chi connectivity index (χ0) is 17.4. The molecule has 0 saturated heterocycles. The van der Waals surface area contributed by atoms with Gasteiger partial charge in [-0.2, -0.15) is 5.26 Å². The number of hydrogen-bond acceptors (Lipinski definition) is 5. The number of phenolic OH excluding ortho intramolecular Hbond substituents is 1. The van der Waals surface area contributed by atoms with Gasteiger partial charge >= 0.3 is 0 Å². The normalized spacial score (nSPS) is 11.1. The molecule has 0 saturated carbocycles. The lowest BCUT2D eigenvalue weighted by atomic mass is 10.1. The molecule has 1 amide bonds. The van der Waals surface area contributed by atoms with E-state index in [9.17, 15) is 9.90 Å². The van der Waals surface area contributed by atoms with Crippen LogP contribution in [-0.2, 0) is 9.53 Å². The van der Waals surface area contributed by atoms with Crippen LogP contribution in [-0.4, -0.2) is 31.3 Å². The van der Waals surface area contributed by atoms with Crippen molar-refractivity contribution in [3.63, 3.8) is 0 Å².